The highest BCUT2D eigenvalue weighted by Crippen LogP contribution is 2.39. The Kier molecular flexibility index (Phi) is 3.29. The molecule has 1 amide bonds. The summed E-state index contributed by atoms with van der Waals surface area (Å²) >= 11 is 0. The number of carbonyl (C=O) groups excluding carboxylic acids is 1. The van der Waals surface area contributed by atoms with Crippen molar-refractivity contribution < 1.29 is 4.79 Å². The van der Waals surface area contributed by atoms with Gasteiger partial charge in [-0.05, 0) is 44.2 Å². The second kappa shape index (κ2) is 4.52. The Morgan fingerprint density at radius 2 is 2.00 bits per heavy atom. The number of nitrogens with zero attached hydrogens (tertiary/aromatic N) is 1. The smallest absolute Gasteiger partial charge is 0.225 e. The van der Waals surface area contributed by atoms with Crippen LogP contribution >= 0.6 is 0 Å². The Morgan fingerprint density at radius 1 is 1.40 bits per heavy atom. The van der Waals surface area contributed by atoms with Crippen molar-refractivity contribution in [2.75, 3.05) is 26.7 Å². The van der Waals surface area contributed by atoms with Crippen LogP contribution in [0.2, 0.25) is 0 Å². The molecule has 2 atom stereocenters. The number of hydrogen-bond donors (Lipinski definition) is 1. The van der Waals surface area contributed by atoms with Crippen LogP contribution < -0.4 is 5.32 Å². The van der Waals surface area contributed by atoms with Gasteiger partial charge in [0.25, 0.3) is 0 Å². The molecule has 86 valence electrons. The van der Waals surface area contributed by atoms with Gasteiger partial charge in [-0.2, -0.15) is 0 Å². The quantitative estimate of drug-likeness (QED) is 0.756. The zero-order valence-corrected chi connectivity index (χ0v) is 9.83. The van der Waals surface area contributed by atoms with E-state index in [4.69, 9.17) is 0 Å². The first kappa shape index (κ1) is 10.9. The fourth-order valence-corrected chi connectivity index (χ4v) is 2.49. The van der Waals surface area contributed by atoms with Crippen molar-refractivity contribution in [3.8, 4) is 0 Å². The molecular formula is C12H22N2O. The molecule has 0 aromatic heterocycles. The van der Waals surface area contributed by atoms with Crippen molar-refractivity contribution in [2.24, 2.45) is 17.8 Å². The fraction of sp³-hybridized carbons (Fsp3) is 0.917. The van der Waals surface area contributed by atoms with Crippen LogP contribution in [0.25, 0.3) is 0 Å². The molecule has 3 heteroatoms. The molecule has 1 saturated heterocycles. The van der Waals surface area contributed by atoms with E-state index in [1.807, 2.05) is 11.9 Å². The van der Waals surface area contributed by atoms with E-state index < -0.39 is 0 Å². The van der Waals surface area contributed by atoms with E-state index >= 15 is 0 Å². The maximum absolute atomic E-state index is 11.9. The molecule has 0 aromatic carbocycles. The predicted octanol–water partition coefficient (Wildman–Crippen LogP) is 1.10. The molecule has 1 heterocycles. The second-order valence-electron chi connectivity index (χ2n) is 5.23. The van der Waals surface area contributed by atoms with E-state index in [1.165, 1.54) is 12.8 Å². The lowest BCUT2D eigenvalue weighted by Crippen LogP contribution is -2.37. The third-order valence-corrected chi connectivity index (χ3v) is 3.79. The Labute approximate surface area is 92.2 Å². The molecule has 1 N–H and O–H groups in total. The van der Waals surface area contributed by atoms with Crippen LogP contribution in [0.15, 0.2) is 0 Å². The van der Waals surface area contributed by atoms with E-state index in [0.29, 0.717) is 23.7 Å². The summed E-state index contributed by atoms with van der Waals surface area (Å²) < 4.78 is 0. The molecule has 0 spiro atoms. The van der Waals surface area contributed by atoms with Gasteiger partial charge < -0.3 is 10.2 Å². The Bertz CT molecular complexity index is 236. The lowest BCUT2D eigenvalue weighted by molar-refractivity contribution is -0.132. The topological polar surface area (TPSA) is 32.3 Å². The number of carbonyl (C=O) groups is 1. The van der Waals surface area contributed by atoms with Gasteiger partial charge in [0, 0.05) is 19.5 Å². The normalized spacial score (nSPS) is 31.3. The third kappa shape index (κ3) is 2.71. The van der Waals surface area contributed by atoms with Crippen LogP contribution in [0.3, 0.4) is 0 Å². The SMILES string of the molecule is CC1CC1C(=O)N(C)CC1CCNCC1. The standard InChI is InChI=1S/C12H22N2O/c1-9-7-11(9)12(15)14(2)8-10-3-5-13-6-4-10/h9-11,13H,3-8H2,1-2H3. The van der Waals surface area contributed by atoms with Gasteiger partial charge in [-0.3, -0.25) is 4.79 Å². The van der Waals surface area contributed by atoms with Gasteiger partial charge in [0.1, 0.15) is 0 Å². The molecule has 15 heavy (non-hydrogen) atoms. The van der Waals surface area contributed by atoms with Gasteiger partial charge >= 0.3 is 0 Å². The number of hydrogen-bond acceptors (Lipinski definition) is 2. The summed E-state index contributed by atoms with van der Waals surface area (Å²) in [7, 11) is 1.97. The summed E-state index contributed by atoms with van der Waals surface area (Å²) in [6.45, 7) is 5.36. The maximum Gasteiger partial charge on any atom is 0.225 e. The zero-order valence-electron chi connectivity index (χ0n) is 9.83. The average Bonchev–Trinajstić information content (AvgIpc) is 2.96. The maximum atomic E-state index is 11.9. The van der Waals surface area contributed by atoms with E-state index in [-0.39, 0.29) is 0 Å². The monoisotopic (exact) mass is 210 g/mol. The highest BCUT2D eigenvalue weighted by molar-refractivity contribution is 5.81. The summed E-state index contributed by atoms with van der Waals surface area (Å²) in [4.78, 5) is 13.9. The van der Waals surface area contributed by atoms with Gasteiger partial charge in [0.15, 0.2) is 0 Å². The zero-order chi connectivity index (χ0) is 10.8. The molecule has 3 nitrogen and oxygen atoms in total. The van der Waals surface area contributed by atoms with Crippen LogP contribution in [0, 0.1) is 17.8 Å². The summed E-state index contributed by atoms with van der Waals surface area (Å²) in [6.07, 6.45) is 3.55. The van der Waals surface area contributed by atoms with Gasteiger partial charge in [-0.25, -0.2) is 0 Å². The molecule has 2 fully saturated rings. The van der Waals surface area contributed by atoms with Gasteiger partial charge in [-0.1, -0.05) is 6.92 Å². The molecule has 2 aliphatic rings. The average molecular weight is 210 g/mol. The van der Waals surface area contributed by atoms with Crippen molar-refractivity contribution >= 4 is 5.91 Å². The van der Waals surface area contributed by atoms with E-state index in [9.17, 15) is 4.79 Å². The molecule has 2 rings (SSSR count). The van der Waals surface area contributed by atoms with Gasteiger partial charge in [0.05, 0.1) is 0 Å². The highest BCUT2D eigenvalue weighted by Gasteiger charge is 2.40. The third-order valence-electron chi connectivity index (χ3n) is 3.79. The minimum absolute atomic E-state index is 0.344. The van der Waals surface area contributed by atoms with Gasteiger partial charge in [-0.15, -0.1) is 0 Å². The molecule has 0 bridgehead atoms. The lowest BCUT2D eigenvalue weighted by atomic mass is 9.97. The molecule has 0 radical (unpaired) electrons. The van der Waals surface area contributed by atoms with Crippen molar-refractivity contribution in [2.45, 2.75) is 26.2 Å². The first-order chi connectivity index (χ1) is 7.18. The number of piperidine rings is 1. The molecule has 2 unspecified atom stereocenters. The Balaban J connectivity index is 1.75. The summed E-state index contributed by atoms with van der Waals surface area (Å²) in [5.74, 6) is 2.07. The predicted molar refractivity (Wildman–Crippen MR) is 60.5 cm³/mol. The summed E-state index contributed by atoms with van der Waals surface area (Å²) in [5.41, 5.74) is 0. The summed E-state index contributed by atoms with van der Waals surface area (Å²) in [6, 6.07) is 0. The minimum Gasteiger partial charge on any atom is -0.345 e. The largest absolute Gasteiger partial charge is 0.345 e. The lowest BCUT2D eigenvalue weighted by Gasteiger charge is -2.27. The summed E-state index contributed by atoms with van der Waals surface area (Å²) in [5, 5.41) is 3.36. The van der Waals surface area contributed by atoms with Crippen LogP contribution in [0.5, 0.6) is 0 Å². The number of amides is 1. The second-order valence-corrected chi connectivity index (χ2v) is 5.23. The van der Waals surface area contributed by atoms with E-state index in [0.717, 1.165) is 26.1 Å². The molecular weight excluding hydrogens is 188 g/mol. The molecule has 1 aliphatic heterocycles. The highest BCUT2D eigenvalue weighted by atomic mass is 16.2. The van der Waals surface area contributed by atoms with Crippen molar-refractivity contribution in [1.29, 1.82) is 0 Å². The van der Waals surface area contributed by atoms with Crippen LogP contribution in [0.4, 0.5) is 0 Å². The van der Waals surface area contributed by atoms with Crippen molar-refractivity contribution in [1.82, 2.24) is 10.2 Å². The number of rotatable bonds is 3. The Hall–Kier alpha value is -0.570. The fourth-order valence-electron chi connectivity index (χ4n) is 2.49. The van der Waals surface area contributed by atoms with Crippen molar-refractivity contribution in [3.63, 3.8) is 0 Å². The molecule has 1 aliphatic carbocycles. The number of nitrogens with one attached hydrogen (secondary N) is 1. The Morgan fingerprint density at radius 3 is 2.53 bits per heavy atom. The van der Waals surface area contributed by atoms with E-state index in [1.54, 1.807) is 0 Å². The first-order valence-electron chi connectivity index (χ1n) is 6.14. The molecule has 1 saturated carbocycles. The van der Waals surface area contributed by atoms with Crippen LogP contribution in [0.1, 0.15) is 26.2 Å². The van der Waals surface area contributed by atoms with Crippen LogP contribution in [-0.2, 0) is 4.79 Å². The first-order valence-corrected chi connectivity index (χ1v) is 6.14. The molecule has 0 aromatic rings. The van der Waals surface area contributed by atoms with Crippen molar-refractivity contribution in [3.05, 3.63) is 0 Å². The van der Waals surface area contributed by atoms with E-state index in [2.05, 4.69) is 12.2 Å². The minimum atomic E-state index is 0.344. The van der Waals surface area contributed by atoms with Gasteiger partial charge in [0.2, 0.25) is 5.91 Å². The van der Waals surface area contributed by atoms with Crippen LogP contribution in [-0.4, -0.2) is 37.5 Å².